The van der Waals surface area contributed by atoms with E-state index in [1.807, 2.05) is 0 Å². The molecule has 0 aromatic rings. The fraction of sp³-hybridized carbons (Fsp3) is 1.00. The van der Waals surface area contributed by atoms with Gasteiger partial charge in [-0.2, -0.15) is 0 Å². The first kappa shape index (κ1) is 4.44. The molecule has 10 rings (SSSR count). The molecule has 0 amide bonds. The quantitative estimate of drug-likeness (QED) is 0.483. The molecule has 2 heteroatoms. The average Bonchev–Trinajstić information content (AvgIpc) is 3.01. The Labute approximate surface area is 71.0 Å². The smallest absolute Gasteiger partial charge is 1.00 e. The second kappa shape index (κ2) is 0.271. The summed E-state index contributed by atoms with van der Waals surface area (Å²) in [4.78, 5) is 0. The average molecular weight is 186 g/mol. The van der Waals surface area contributed by atoms with Crippen LogP contribution in [0.15, 0.2) is 0 Å². The maximum atomic E-state index is 1.62. The van der Waals surface area contributed by atoms with Crippen LogP contribution in [0.5, 0.6) is 0 Å². The molecule has 10 saturated heterocycles. The largest absolute Gasteiger partial charge is 1.00 e. The van der Waals surface area contributed by atoms with E-state index in [9.17, 15) is 0 Å². The Hall–Kier alpha value is 1.31. The van der Waals surface area contributed by atoms with Gasteiger partial charge >= 0.3 is 70.0 Å². The van der Waals surface area contributed by atoms with Gasteiger partial charge in [0.2, 0.25) is 0 Å². The number of rotatable bonds is 0. The van der Waals surface area contributed by atoms with E-state index in [2.05, 4.69) is 0 Å². The van der Waals surface area contributed by atoms with Crippen molar-refractivity contribution in [1.82, 2.24) is 0 Å². The van der Waals surface area contributed by atoms with Crippen molar-refractivity contribution in [2.45, 2.75) is 42.2 Å². The van der Waals surface area contributed by atoms with Crippen LogP contribution in [0.25, 0.3) is 0 Å². The standard InChI is InChI=1S/2C5H5.Li.Ti.H/c2*1-2-4-5-3-1;;;/h2*1-5H;;;/q;;+1;;-1. The Bertz CT molecular complexity index is 582. The molecule has 10 aliphatic rings. The molecule has 10 fully saturated rings. The van der Waals surface area contributed by atoms with Crippen molar-refractivity contribution in [2.24, 2.45) is 0 Å². The molecule has 0 N–H and O–H groups in total. The van der Waals surface area contributed by atoms with Gasteiger partial charge in [-0.3, -0.25) is 0 Å². The van der Waals surface area contributed by atoms with E-state index < -0.39 is 8.89 Å². The van der Waals surface area contributed by atoms with Gasteiger partial charge in [0.1, 0.15) is 0 Å². The predicted molar refractivity (Wildman–Crippen MR) is 38.6 cm³/mol. The summed E-state index contributed by atoms with van der Waals surface area (Å²) in [6.07, 6.45) is 0. The molecule has 0 atom stereocenters. The van der Waals surface area contributed by atoms with E-state index in [0.29, 0.717) is 0 Å². The normalized spacial score (nSPS) is 157. The molecule has 0 aromatic heterocycles. The van der Waals surface area contributed by atoms with Crippen LogP contribution in [0.3, 0.4) is 0 Å². The van der Waals surface area contributed by atoms with Crippen molar-refractivity contribution in [3.63, 3.8) is 0 Å². The fourth-order valence-electron chi connectivity index (χ4n) is 23.2. The molecular formula is C10H11LiTi. The van der Waals surface area contributed by atoms with Crippen LogP contribution in [0, 0.1) is 0 Å². The molecule has 0 radical (unpaired) electrons. The van der Waals surface area contributed by atoms with E-state index in [1.165, 1.54) is 0 Å². The topological polar surface area (TPSA) is 0 Å². The van der Waals surface area contributed by atoms with Crippen LogP contribution in [0.1, 0.15) is 1.43 Å². The van der Waals surface area contributed by atoms with Gasteiger partial charge in [0.05, 0.1) is 0 Å². The summed E-state index contributed by atoms with van der Waals surface area (Å²) in [6.45, 7) is 0. The van der Waals surface area contributed by atoms with E-state index in [1.54, 1.807) is 42.2 Å². The number of hydrogen-bond acceptors (Lipinski definition) is 0. The van der Waals surface area contributed by atoms with Crippen molar-refractivity contribution < 1.29 is 29.2 Å². The molecule has 10 aliphatic heterocycles. The molecule has 0 aromatic carbocycles. The molecule has 0 aliphatic carbocycles. The van der Waals surface area contributed by atoms with Gasteiger partial charge in [-0.15, -0.1) is 0 Å². The molecule has 0 bridgehead atoms. The van der Waals surface area contributed by atoms with Gasteiger partial charge in [0.15, 0.2) is 0 Å². The first-order valence-electron chi connectivity index (χ1n) is 6.22. The minimum absolute atomic E-state index is 0. The summed E-state index contributed by atoms with van der Waals surface area (Å²) >= 11 is 0. The SMILES string of the molecule is [CH]12[CH]3[CH]4[CH]5[CH]1[Ti]23451678[CH]2[CH]1[CH]6[CH]7[CH]28.[H-].[Li+]. The van der Waals surface area contributed by atoms with Gasteiger partial charge in [-0.25, -0.2) is 0 Å². The molecule has 56 valence electrons. The third kappa shape index (κ3) is 0.0297. The molecule has 10 heterocycles. The van der Waals surface area contributed by atoms with Gasteiger partial charge in [0, 0.05) is 0 Å². The number of fused-ring (bicyclic) bond motifs is 10. The Kier molecular flexibility index (Phi) is 0.100. The zero-order valence-electron chi connectivity index (χ0n) is 8.27. The zero-order chi connectivity index (χ0) is 6.09. The summed E-state index contributed by atoms with van der Waals surface area (Å²) in [7, 11) is -2.63. The first-order valence-corrected chi connectivity index (χ1v) is 15.2. The minimum atomic E-state index is -2.63. The second-order valence-corrected chi connectivity index (χ2v) is 46.6. The molecule has 1 spiro atoms. The first-order chi connectivity index (χ1) is 5.16. The minimum Gasteiger partial charge on any atom is -1.00 e. The molecule has 0 nitrogen and oxygen atoms in total. The fourth-order valence-corrected chi connectivity index (χ4v) is 143. The van der Waals surface area contributed by atoms with E-state index in [-0.39, 0.29) is 20.3 Å². The van der Waals surface area contributed by atoms with Gasteiger partial charge in [-0.05, 0) is 0 Å². The van der Waals surface area contributed by atoms with Crippen LogP contribution in [0.2, 0.25) is 42.2 Å². The van der Waals surface area contributed by atoms with Crippen LogP contribution < -0.4 is 18.9 Å². The van der Waals surface area contributed by atoms with Gasteiger partial charge in [-0.1, -0.05) is 0 Å². The summed E-state index contributed by atoms with van der Waals surface area (Å²) in [6, 6.07) is 0. The predicted octanol–water partition coefficient (Wildman–Crippen LogP) is 0.492. The Morgan fingerprint density at radius 1 is 0.500 bits per heavy atom. The van der Waals surface area contributed by atoms with E-state index >= 15 is 0 Å². The molecular weight excluding hydrogens is 175 g/mol. The summed E-state index contributed by atoms with van der Waals surface area (Å²) < 4.78 is 16.2. The van der Waals surface area contributed by atoms with E-state index in [0.717, 1.165) is 0 Å². The number of hydrogen-bond donors (Lipinski definition) is 0. The third-order valence-corrected chi connectivity index (χ3v) is 79.4. The maximum Gasteiger partial charge on any atom is 1.00 e. The zero-order valence-corrected chi connectivity index (χ0v) is 8.84. The second-order valence-electron chi connectivity index (χ2n) is 12.8. The monoisotopic (exact) mass is 186 g/mol. The van der Waals surface area contributed by atoms with Crippen LogP contribution in [-0.2, 0) is 8.89 Å². The maximum absolute atomic E-state index is 2.63. The molecule has 0 saturated carbocycles. The van der Waals surface area contributed by atoms with Crippen molar-refractivity contribution in [1.29, 1.82) is 0 Å². The van der Waals surface area contributed by atoms with E-state index in [4.69, 9.17) is 0 Å². The summed E-state index contributed by atoms with van der Waals surface area (Å²) in [5.74, 6) is 0. The third-order valence-electron chi connectivity index (χ3n) is 20.1. The van der Waals surface area contributed by atoms with Crippen LogP contribution >= 0.6 is 0 Å². The Morgan fingerprint density at radius 2 is 0.667 bits per heavy atom. The summed E-state index contributed by atoms with van der Waals surface area (Å²) in [5, 5.41) is 0. The summed E-state index contributed by atoms with van der Waals surface area (Å²) in [5.41, 5.74) is 0. The Morgan fingerprint density at radius 3 is 0.667 bits per heavy atom. The Balaban J connectivity index is 0.000000222. The van der Waals surface area contributed by atoms with Crippen molar-refractivity contribution in [3.05, 3.63) is 0 Å². The van der Waals surface area contributed by atoms with Gasteiger partial charge < -0.3 is 1.43 Å². The molecule has 0 unspecified atom stereocenters. The van der Waals surface area contributed by atoms with Crippen molar-refractivity contribution in [2.75, 3.05) is 0 Å². The van der Waals surface area contributed by atoms with Crippen LogP contribution in [0.4, 0.5) is 0 Å². The van der Waals surface area contributed by atoms with Gasteiger partial charge in [0.25, 0.3) is 0 Å². The molecule has 12 heavy (non-hydrogen) atoms. The van der Waals surface area contributed by atoms with Crippen LogP contribution in [-0.4, -0.2) is 0 Å². The van der Waals surface area contributed by atoms with Crippen molar-refractivity contribution >= 4 is 0 Å². The van der Waals surface area contributed by atoms with Crippen molar-refractivity contribution in [3.8, 4) is 0 Å².